The van der Waals surface area contributed by atoms with Crippen LogP contribution in [0.4, 0.5) is 23.1 Å². The number of para-hydroxylation sites is 2. The van der Waals surface area contributed by atoms with Crippen molar-refractivity contribution in [3.05, 3.63) is 71.9 Å². The first kappa shape index (κ1) is 14.5. The molecule has 1 aromatic heterocycles. The second-order valence-corrected chi connectivity index (χ2v) is 6.80. The molecule has 0 spiro atoms. The molecule has 0 radical (unpaired) electrons. The summed E-state index contributed by atoms with van der Waals surface area (Å²) in [4.78, 5) is 14.0. The smallest absolute Gasteiger partial charge is 0.231 e. The van der Waals surface area contributed by atoms with Crippen LogP contribution in [0, 0.1) is 0 Å². The second kappa shape index (κ2) is 5.59. The predicted molar refractivity (Wildman–Crippen MR) is 101 cm³/mol. The molecule has 0 amide bonds. The molecule has 2 aliphatic heterocycles. The fourth-order valence-corrected chi connectivity index (χ4v) is 4.06. The first-order valence-electron chi connectivity index (χ1n) is 8.87. The summed E-state index contributed by atoms with van der Waals surface area (Å²) in [6, 6.07) is 19.6. The first-order valence-corrected chi connectivity index (χ1v) is 8.87. The molecule has 0 fully saturated rings. The molecular weight excluding hydrogens is 308 g/mol. The molecule has 0 aliphatic carbocycles. The molecule has 4 heteroatoms. The number of benzene rings is 2. The van der Waals surface area contributed by atoms with Gasteiger partial charge in [0.2, 0.25) is 5.95 Å². The molecule has 0 bridgehead atoms. The fraction of sp³-hybridized carbons (Fsp3) is 0.238. The molecule has 0 saturated heterocycles. The Morgan fingerprint density at radius 2 is 1.68 bits per heavy atom. The van der Waals surface area contributed by atoms with Crippen molar-refractivity contribution >= 4 is 23.1 Å². The third-order valence-corrected chi connectivity index (χ3v) is 5.21. The normalized spacial score (nSPS) is 18.4. The van der Waals surface area contributed by atoms with Gasteiger partial charge in [-0.1, -0.05) is 36.4 Å². The summed E-state index contributed by atoms with van der Waals surface area (Å²) < 4.78 is 0. The highest BCUT2D eigenvalue weighted by molar-refractivity contribution is 5.71. The molecule has 2 aliphatic rings. The number of nitrogens with zero attached hydrogens (tertiary/aromatic N) is 4. The van der Waals surface area contributed by atoms with Crippen molar-refractivity contribution < 1.29 is 0 Å². The van der Waals surface area contributed by atoms with Crippen molar-refractivity contribution in [3.63, 3.8) is 0 Å². The maximum Gasteiger partial charge on any atom is 0.231 e. The third-order valence-electron chi connectivity index (χ3n) is 5.21. The van der Waals surface area contributed by atoms with Crippen molar-refractivity contribution in [2.75, 3.05) is 16.3 Å². The lowest BCUT2D eigenvalue weighted by molar-refractivity contribution is 0.748. The lowest BCUT2D eigenvalue weighted by Gasteiger charge is -2.25. The van der Waals surface area contributed by atoms with E-state index in [1.165, 1.54) is 22.5 Å². The van der Waals surface area contributed by atoms with E-state index in [1.807, 2.05) is 12.3 Å². The van der Waals surface area contributed by atoms with Crippen LogP contribution in [0.2, 0.25) is 0 Å². The predicted octanol–water partition coefficient (Wildman–Crippen LogP) is 4.25. The summed E-state index contributed by atoms with van der Waals surface area (Å²) in [5, 5.41) is 0. The zero-order valence-electron chi connectivity index (χ0n) is 14.3. The van der Waals surface area contributed by atoms with E-state index < -0.39 is 0 Å². The SMILES string of the molecule is CC1Cc2ccccc2N1c1ccnc(N2CCc3ccccc32)n1. The highest BCUT2D eigenvalue weighted by atomic mass is 15.3. The quantitative estimate of drug-likeness (QED) is 0.704. The lowest BCUT2D eigenvalue weighted by Crippen LogP contribution is -2.26. The van der Waals surface area contributed by atoms with Gasteiger partial charge in [0.1, 0.15) is 5.82 Å². The first-order chi connectivity index (χ1) is 12.3. The number of hydrogen-bond donors (Lipinski definition) is 0. The minimum absolute atomic E-state index is 0.408. The van der Waals surface area contributed by atoms with Gasteiger partial charge in [-0.2, -0.15) is 4.98 Å². The molecule has 1 atom stereocenters. The Bertz CT molecular complexity index is 936. The van der Waals surface area contributed by atoms with Crippen molar-refractivity contribution in [2.24, 2.45) is 0 Å². The zero-order chi connectivity index (χ0) is 16.8. The van der Waals surface area contributed by atoms with E-state index in [-0.39, 0.29) is 0 Å². The molecule has 3 aromatic rings. The Balaban J connectivity index is 1.55. The van der Waals surface area contributed by atoms with Crippen LogP contribution in [0.3, 0.4) is 0 Å². The van der Waals surface area contributed by atoms with Crippen LogP contribution in [0.1, 0.15) is 18.1 Å². The summed E-state index contributed by atoms with van der Waals surface area (Å²) in [7, 11) is 0. The summed E-state index contributed by atoms with van der Waals surface area (Å²) in [6.45, 7) is 3.20. The van der Waals surface area contributed by atoms with Crippen LogP contribution in [0.25, 0.3) is 0 Å². The van der Waals surface area contributed by atoms with Crippen LogP contribution in [-0.4, -0.2) is 22.6 Å². The maximum absolute atomic E-state index is 4.93. The Kier molecular flexibility index (Phi) is 3.23. The Morgan fingerprint density at radius 1 is 0.920 bits per heavy atom. The molecular formula is C21H20N4. The van der Waals surface area contributed by atoms with Gasteiger partial charge in [-0.05, 0) is 49.1 Å². The van der Waals surface area contributed by atoms with Gasteiger partial charge in [-0.25, -0.2) is 4.98 Å². The molecule has 25 heavy (non-hydrogen) atoms. The number of anilines is 4. The zero-order valence-corrected chi connectivity index (χ0v) is 14.3. The van der Waals surface area contributed by atoms with Gasteiger partial charge >= 0.3 is 0 Å². The van der Waals surface area contributed by atoms with Gasteiger partial charge in [0, 0.05) is 30.2 Å². The van der Waals surface area contributed by atoms with Gasteiger partial charge in [-0.3, -0.25) is 0 Å². The van der Waals surface area contributed by atoms with Crippen LogP contribution < -0.4 is 9.80 Å². The summed E-state index contributed by atoms with van der Waals surface area (Å²) >= 11 is 0. The van der Waals surface area contributed by atoms with Gasteiger partial charge < -0.3 is 9.80 Å². The van der Waals surface area contributed by atoms with Gasteiger partial charge in [0.25, 0.3) is 0 Å². The van der Waals surface area contributed by atoms with Crippen LogP contribution >= 0.6 is 0 Å². The second-order valence-electron chi connectivity index (χ2n) is 6.80. The lowest BCUT2D eigenvalue weighted by atomic mass is 10.1. The van der Waals surface area contributed by atoms with Crippen LogP contribution in [0.5, 0.6) is 0 Å². The van der Waals surface area contributed by atoms with Crippen LogP contribution in [-0.2, 0) is 12.8 Å². The molecule has 124 valence electrons. The minimum Gasteiger partial charge on any atom is -0.323 e. The number of rotatable bonds is 2. The Labute approximate surface area is 147 Å². The van der Waals surface area contributed by atoms with Crippen LogP contribution in [0.15, 0.2) is 60.8 Å². The van der Waals surface area contributed by atoms with Crippen molar-refractivity contribution in [2.45, 2.75) is 25.8 Å². The largest absolute Gasteiger partial charge is 0.323 e. The molecule has 0 saturated carbocycles. The van der Waals surface area contributed by atoms with Gasteiger partial charge in [-0.15, -0.1) is 0 Å². The summed E-state index contributed by atoms with van der Waals surface area (Å²) in [5.74, 6) is 1.77. The van der Waals surface area contributed by atoms with E-state index in [9.17, 15) is 0 Å². The summed E-state index contributed by atoms with van der Waals surface area (Å²) in [5.41, 5.74) is 5.26. The molecule has 3 heterocycles. The van der Waals surface area contributed by atoms with E-state index in [4.69, 9.17) is 4.98 Å². The minimum atomic E-state index is 0.408. The van der Waals surface area contributed by atoms with Crippen molar-refractivity contribution in [3.8, 4) is 0 Å². The van der Waals surface area contributed by atoms with E-state index in [2.05, 4.69) is 70.2 Å². The van der Waals surface area contributed by atoms with Crippen molar-refractivity contribution in [1.82, 2.24) is 9.97 Å². The number of hydrogen-bond acceptors (Lipinski definition) is 4. The van der Waals surface area contributed by atoms with Gasteiger partial charge in [0.15, 0.2) is 0 Å². The van der Waals surface area contributed by atoms with E-state index in [0.29, 0.717) is 6.04 Å². The molecule has 5 rings (SSSR count). The summed E-state index contributed by atoms with van der Waals surface area (Å²) in [6.07, 6.45) is 3.99. The third kappa shape index (κ3) is 2.29. The molecule has 0 N–H and O–H groups in total. The fourth-order valence-electron chi connectivity index (χ4n) is 4.06. The van der Waals surface area contributed by atoms with E-state index >= 15 is 0 Å². The molecule has 1 unspecified atom stereocenters. The number of fused-ring (bicyclic) bond motifs is 2. The van der Waals surface area contributed by atoms with Crippen molar-refractivity contribution in [1.29, 1.82) is 0 Å². The van der Waals surface area contributed by atoms with E-state index in [0.717, 1.165) is 31.2 Å². The van der Waals surface area contributed by atoms with Gasteiger partial charge in [0.05, 0.1) is 0 Å². The Hall–Kier alpha value is -2.88. The monoisotopic (exact) mass is 328 g/mol. The average Bonchev–Trinajstić information content (AvgIpc) is 3.22. The number of aromatic nitrogens is 2. The topological polar surface area (TPSA) is 32.3 Å². The average molecular weight is 328 g/mol. The molecule has 2 aromatic carbocycles. The maximum atomic E-state index is 4.93. The molecule has 4 nitrogen and oxygen atoms in total. The highest BCUT2D eigenvalue weighted by Gasteiger charge is 2.29. The highest BCUT2D eigenvalue weighted by Crippen LogP contribution is 2.38. The standard InChI is InChI=1S/C21H20N4/c1-15-14-17-7-3-5-9-19(17)25(15)20-10-12-22-21(23-20)24-13-11-16-6-2-4-8-18(16)24/h2-10,12,15H,11,13-14H2,1H3. The van der Waals surface area contributed by atoms with E-state index in [1.54, 1.807) is 0 Å². The Morgan fingerprint density at radius 3 is 2.56 bits per heavy atom.